The summed E-state index contributed by atoms with van der Waals surface area (Å²) in [7, 11) is 4.85. The van der Waals surface area contributed by atoms with E-state index < -0.39 is 0 Å². The third kappa shape index (κ3) is 4.10. The molecule has 2 aromatic rings. The number of methoxy groups -OCH3 is 1. The van der Waals surface area contributed by atoms with Crippen molar-refractivity contribution in [1.29, 1.82) is 0 Å². The fourth-order valence-electron chi connectivity index (χ4n) is 2.29. The normalized spacial score (nSPS) is 11.1. The smallest absolute Gasteiger partial charge is 0.253 e. The summed E-state index contributed by atoms with van der Waals surface area (Å²) in [6.07, 6.45) is 1.72. The molecule has 0 N–H and O–H groups in total. The van der Waals surface area contributed by atoms with Crippen LogP contribution < -0.4 is 0 Å². The Morgan fingerprint density at radius 3 is 2.17 bits per heavy atom. The summed E-state index contributed by atoms with van der Waals surface area (Å²) in [6.45, 7) is 1.99. The second kappa shape index (κ2) is 7.59. The molecular formula is C20H21NO3. The summed E-state index contributed by atoms with van der Waals surface area (Å²) in [4.78, 5) is 26.0. The number of hydrogen-bond acceptors (Lipinski definition) is 3. The number of carbonyl (C=O) groups is 2. The van der Waals surface area contributed by atoms with Crippen LogP contribution in [0.4, 0.5) is 0 Å². The number of aryl methyl sites for hydroxylation is 1. The highest BCUT2D eigenvalue weighted by Crippen LogP contribution is 2.16. The highest BCUT2D eigenvalue weighted by Gasteiger charge is 2.14. The van der Waals surface area contributed by atoms with Gasteiger partial charge in [-0.3, -0.25) is 9.59 Å². The van der Waals surface area contributed by atoms with Gasteiger partial charge in [0, 0.05) is 25.2 Å². The lowest BCUT2D eigenvalue weighted by molar-refractivity contribution is 0.0826. The van der Waals surface area contributed by atoms with E-state index in [4.69, 9.17) is 4.74 Å². The van der Waals surface area contributed by atoms with Crippen LogP contribution in [0.5, 0.6) is 0 Å². The number of rotatable bonds is 5. The number of benzene rings is 2. The van der Waals surface area contributed by atoms with Crippen LogP contribution in [0.1, 0.15) is 31.8 Å². The largest absolute Gasteiger partial charge is 0.493 e. The molecule has 0 aromatic heterocycles. The maximum atomic E-state index is 12.6. The predicted octanol–water partition coefficient (Wildman–Crippen LogP) is 3.57. The number of Topliss-reactive ketones (excluding diaryl/α,β-unsaturated/α-hetero) is 1. The Hall–Kier alpha value is -2.88. The van der Waals surface area contributed by atoms with Crippen LogP contribution in [0.3, 0.4) is 0 Å². The van der Waals surface area contributed by atoms with E-state index in [0.717, 1.165) is 11.1 Å². The summed E-state index contributed by atoms with van der Waals surface area (Å²) in [5.74, 6) is -0.0635. The molecule has 0 unspecified atom stereocenters. The van der Waals surface area contributed by atoms with Crippen LogP contribution in [0.25, 0.3) is 6.08 Å². The number of nitrogens with zero attached hydrogens (tertiary/aromatic N) is 1. The lowest BCUT2D eigenvalue weighted by Gasteiger charge is -2.11. The van der Waals surface area contributed by atoms with Crippen molar-refractivity contribution in [2.45, 2.75) is 6.92 Å². The maximum Gasteiger partial charge on any atom is 0.253 e. The van der Waals surface area contributed by atoms with Gasteiger partial charge in [0.25, 0.3) is 5.91 Å². The molecule has 0 aliphatic heterocycles. The third-order valence-corrected chi connectivity index (χ3v) is 3.58. The zero-order chi connectivity index (χ0) is 17.7. The maximum absolute atomic E-state index is 12.6. The van der Waals surface area contributed by atoms with E-state index >= 15 is 0 Å². The Kier molecular flexibility index (Phi) is 5.53. The zero-order valence-electron chi connectivity index (χ0n) is 14.4. The first kappa shape index (κ1) is 17.5. The molecule has 0 atom stereocenters. The topological polar surface area (TPSA) is 46.6 Å². The molecule has 24 heavy (non-hydrogen) atoms. The van der Waals surface area contributed by atoms with Crippen LogP contribution in [0.15, 0.2) is 54.3 Å². The van der Waals surface area contributed by atoms with E-state index in [9.17, 15) is 9.59 Å². The molecule has 124 valence electrons. The molecule has 2 rings (SSSR count). The van der Waals surface area contributed by atoms with Crippen molar-refractivity contribution < 1.29 is 14.3 Å². The van der Waals surface area contributed by atoms with Crippen molar-refractivity contribution in [1.82, 2.24) is 4.90 Å². The van der Waals surface area contributed by atoms with Gasteiger partial charge < -0.3 is 9.64 Å². The summed E-state index contributed by atoms with van der Waals surface area (Å²) in [6, 6.07) is 14.4. The molecule has 0 fully saturated rings. The van der Waals surface area contributed by atoms with Crippen molar-refractivity contribution in [2.75, 3.05) is 21.2 Å². The molecule has 4 nitrogen and oxygen atoms in total. The van der Waals surface area contributed by atoms with Crippen LogP contribution in [-0.4, -0.2) is 37.8 Å². The molecule has 0 saturated heterocycles. The average Bonchev–Trinajstić information content (AvgIpc) is 2.58. The van der Waals surface area contributed by atoms with E-state index in [2.05, 4.69) is 0 Å². The molecule has 0 radical (unpaired) electrons. The van der Waals surface area contributed by atoms with Crippen molar-refractivity contribution in [3.05, 3.63) is 76.5 Å². The van der Waals surface area contributed by atoms with Crippen LogP contribution in [0, 0.1) is 6.92 Å². The molecule has 0 aliphatic rings. The van der Waals surface area contributed by atoms with Crippen molar-refractivity contribution in [3.63, 3.8) is 0 Å². The van der Waals surface area contributed by atoms with Crippen LogP contribution in [-0.2, 0) is 4.74 Å². The Bertz CT molecular complexity index is 774. The van der Waals surface area contributed by atoms with Crippen molar-refractivity contribution >= 4 is 17.8 Å². The summed E-state index contributed by atoms with van der Waals surface area (Å²) >= 11 is 0. The van der Waals surface area contributed by atoms with Gasteiger partial charge in [0.2, 0.25) is 5.78 Å². The minimum absolute atomic E-state index is 0.101. The Morgan fingerprint density at radius 1 is 1.00 bits per heavy atom. The number of ether oxygens (including phenoxy) is 1. The van der Waals surface area contributed by atoms with Gasteiger partial charge in [-0.15, -0.1) is 0 Å². The van der Waals surface area contributed by atoms with Crippen molar-refractivity contribution in [3.8, 4) is 0 Å². The van der Waals surface area contributed by atoms with Gasteiger partial charge in [-0.05, 0) is 30.7 Å². The molecule has 2 aromatic carbocycles. The monoisotopic (exact) mass is 323 g/mol. The summed E-state index contributed by atoms with van der Waals surface area (Å²) < 4.78 is 5.26. The standard InChI is InChI=1S/C20H21NO3/c1-14-6-5-7-15(12-14)13-18(24-4)19(22)16-8-10-17(11-9-16)20(23)21(2)3/h5-13H,1-4H3. The van der Waals surface area contributed by atoms with Gasteiger partial charge in [-0.25, -0.2) is 0 Å². The first-order valence-corrected chi connectivity index (χ1v) is 7.61. The van der Waals surface area contributed by atoms with E-state index in [1.807, 2.05) is 31.2 Å². The molecule has 0 saturated carbocycles. The number of carbonyl (C=O) groups excluding carboxylic acids is 2. The zero-order valence-corrected chi connectivity index (χ0v) is 14.4. The van der Waals surface area contributed by atoms with E-state index in [-0.39, 0.29) is 17.4 Å². The van der Waals surface area contributed by atoms with Gasteiger partial charge >= 0.3 is 0 Å². The Labute approximate surface area is 142 Å². The lowest BCUT2D eigenvalue weighted by Crippen LogP contribution is -2.21. The fraction of sp³-hybridized carbons (Fsp3) is 0.200. The van der Waals surface area contributed by atoms with E-state index in [1.54, 1.807) is 44.4 Å². The molecule has 4 heteroatoms. The molecular weight excluding hydrogens is 302 g/mol. The molecule has 0 bridgehead atoms. The van der Waals surface area contributed by atoms with Gasteiger partial charge in [-0.1, -0.05) is 42.0 Å². The third-order valence-electron chi connectivity index (χ3n) is 3.58. The Balaban J connectivity index is 2.27. The lowest BCUT2D eigenvalue weighted by atomic mass is 10.0. The number of hydrogen-bond donors (Lipinski definition) is 0. The quantitative estimate of drug-likeness (QED) is 0.480. The van der Waals surface area contributed by atoms with Gasteiger partial charge in [0.1, 0.15) is 0 Å². The van der Waals surface area contributed by atoms with Gasteiger partial charge in [-0.2, -0.15) is 0 Å². The van der Waals surface area contributed by atoms with Crippen LogP contribution in [0.2, 0.25) is 0 Å². The number of amides is 1. The average molecular weight is 323 g/mol. The molecule has 0 heterocycles. The molecule has 0 aliphatic carbocycles. The second-order valence-corrected chi connectivity index (χ2v) is 5.73. The van der Waals surface area contributed by atoms with Gasteiger partial charge in [0.05, 0.1) is 7.11 Å². The van der Waals surface area contributed by atoms with Crippen LogP contribution >= 0.6 is 0 Å². The first-order chi connectivity index (χ1) is 11.4. The molecule has 0 spiro atoms. The SMILES string of the molecule is COC(=Cc1cccc(C)c1)C(=O)c1ccc(C(=O)N(C)C)cc1. The van der Waals surface area contributed by atoms with Gasteiger partial charge in [0.15, 0.2) is 5.76 Å². The molecule has 1 amide bonds. The highest BCUT2D eigenvalue weighted by molar-refractivity contribution is 6.10. The predicted molar refractivity (Wildman–Crippen MR) is 95.0 cm³/mol. The Morgan fingerprint density at radius 2 is 1.62 bits per heavy atom. The first-order valence-electron chi connectivity index (χ1n) is 7.61. The minimum Gasteiger partial charge on any atom is -0.493 e. The van der Waals surface area contributed by atoms with E-state index in [1.165, 1.54) is 12.0 Å². The number of allylic oxidation sites excluding steroid dienone is 1. The summed E-state index contributed by atoms with van der Waals surface area (Å²) in [5, 5.41) is 0. The second-order valence-electron chi connectivity index (χ2n) is 5.73. The minimum atomic E-state index is -0.220. The summed E-state index contributed by atoms with van der Waals surface area (Å²) in [5.41, 5.74) is 3.03. The highest BCUT2D eigenvalue weighted by atomic mass is 16.5. The number of ketones is 1. The fourth-order valence-corrected chi connectivity index (χ4v) is 2.29. The van der Waals surface area contributed by atoms with Crippen molar-refractivity contribution in [2.24, 2.45) is 0 Å². The van der Waals surface area contributed by atoms with E-state index in [0.29, 0.717) is 11.1 Å².